The van der Waals surface area contributed by atoms with Crippen molar-refractivity contribution in [1.29, 1.82) is 0 Å². The number of aromatic nitrogens is 5. The van der Waals surface area contributed by atoms with Gasteiger partial charge in [-0.15, -0.1) is 0 Å². The van der Waals surface area contributed by atoms with Crippen molar-refractivity contribution in [3.8, 4) is 5.95 Å². The van der Waals surface area contributed by atoms with Crippen LogP contribution in [0.2, 0.25) is 0 Å². The van der Waals surface area contributed by atoms with E-state index >= 15 is 0 Å². The first-order chi connectivity index (χ1) is 8.29. The second-order valence-corrected chi connectivity index (χ2v) is 3.82. The van der Waals surface area contributed by atoms with Crippen molar-refractivity contribution in [2.75, 3.05) is 6.54 Å². The Morgan fingerprint density at radius 1 is 1.35 bits per heavy atom. The molecule has 6 heteroatoms. The average Bonchev–Trinajstić information content (AvgIpc) is 2.82. The Morgan fingerprint density at radius 3 is 2.94 bits per heavy atom. The number of nitrogens with one attached hydrogen (secondary N) is 1. The second-order valence-electron chi connectivity index (χ2n) is 3.82. The smallest absolute Gasteiger partial charge is 0.252 e. The number of aryl methyl sites for hydroxylation is 1. The van der Waals surface area contributed by atoms with E-state index in [0.29, 0.717) is 5.95 Å². The summed E-state index contributed by atoms with van der Waals surface area (Å²) in [6, 6.07) is 1.98. The van der Waals surface area contributed by atoms with Crippen LogP contribution in [-0.2, 0) is 6.54 Å². The first-order valence-corrected chi connectivity index (χ1v) is 5.70. The lowest BCUT2D eigenvalue weighted by molar-refractivity contribution is 0.656. The molecule has 0 spiro atoms. The Labute approximate surface area is 100 Å². The van der Waals surface area contributed by atoms with Gasteiger partial charge in [0.15, 0.2) is 0 Å². The minimum atomic E-state index is 0.566. The van der Waals surface area contributed by atoms with Crippen LogP contribution in [0.4, 0.5) is 0 Å². The zero-order chi connectivity index (χ0) is 12.1. The number of hydrogen-bond donors (Lipinski definition) is 1. The van der Waals surface area contributed by atoms with Gasteiger partial charge in [-0.25, -0.2) is 15.0 Å². The van der Waals surface area contributed by atoms with Gasteiger partial charge in [0.2, 0.25) is 0 Å². The summed E-state index contributed by atoms with van der Waals surface area (Å²) < 4.78 is 1.57. The molecule has 0 saturated carbocycles. The van der Waals surface area contributed by atoms with Crippen LogP contribution in [0.1, 0.15) is 24.7 Å². The van der Waals surface area contributed by atoms with E-state index in [1.807, 2.05) is 13.0 Å². The molecular weight excluding hydrogens is 216 g/mol. The molecule has 0 radical (unpaired) electrons. The number of nitrogens with zero attached hydrogens (tertiary/aromatic N) is 5. The van der Waals surface area contributed by atoms with Crippen LogP contribution >= 0.6 is 0 Å². The molecule has 6 nitrogen and oxygen atoms in total. The quantitative estimate of drug-likeness (QED) is 0.774. The van der Waals surface area contributed by atoms with Gasteiger partial charge in [0, 0.05) is 12.2 Å². The molecule has 90 valence electrons. The SMILES string of the molecule is CCCNCc1cc(C)nc(-n2cncn2)n1. The van der Waals surface area contributed by atoms with Gasteiger partial charge in [-0.05, 0) is 26.0 Å². The van der Waals surface area contributed by atoms with Gasteiger partial charge in [0.25, 0.3) is 5.95 Å². The fourth-order valence-corrected chi connectivity index (χ4v) is 1.51. The third kappa shape index (κ3) is 3.07. The standard InChI is InChI=1S/C11H16N6/c1-3-4-12-6-10-5-9(2)15-11(16-10)17-8-13-7-14-17/h5,7-8,12H,3-4,6H2,1-2H3. The Balaban J connectivity index is 2.18. The maximum atomic E-state index is 4.43. The minimum absolute atomic E-state index is 0.566. The zero-order valence-corrected chi connectivity index (χ0v) is 10.1. The monoisotopic (exact) mass is 232 g/mol. The molecule has 1 N–H and O–H groups in total. The molecule has 2 aromatic rings. The second kappa shape index (κ2) is 5.49. The van der Waals surface area contributed by atoms with Crippen molar-refractivity contribution >= 4 is 0 Å². The fraction of sp³-hybridized carbons (Fsp3) is 0.455. The van der Waals surface area contributed by atoms with E-state index < -0.39 is 0 Å². The lowest BCUT2D eigenvalue weighted by Gasteiger charge is -2.06. The molecule has 0 atom stereocenters. The first-order valence-electron chi connectivity index (χ1n) is 5.70. The molecule has 0 fully saturated rings. The van der Waals surface area contributed by atoms with Gasteiger partial charge < -0.3 is 5.32 Å². The van der Waals surface area contributed by atoms with Crippen molar-refractivity contribution in [2.45, 2.75) is 26.8 Å². The molecule has 0 saturated heterocycles. The van der Waals surface area contributed by atoms with Gasteiger partial charge >= 0.3 is 0 Å². The maximum Gasteiger partial charge on any atom is 0.252 e. The molecule has 2 rings (SSSR count). The van der Waals surface area contributed by atoms with E-state index in [0.717, 1.165) is 30.9 Å². The van der Waals surface area contributed by atoms with E-state index in [2.05, 4.69) is 32.3 Å². The zero-order valence-electron chi connectivity index (χ0n) is 10.1. The summed E-state index contributed by atoms with van der Waals surface area (Å²) in [5, 5.41) is 7.34. The summed E-state index contributed by atoms with van der Waals surface area (Å²) in [5.74, 6) is 0.566. The molecule has 0 aliphatic rings. The Morgan fingerprint density at radius 2 is 2.24 bits per heavy atom. The van der Waals surface area contributed by atoms with Crippen LogP contribution < -0.4 is 5.32 Å². The number of hydrogen-bond acceptors (Lipinski definition) is 5. The van der Waals surface area contributed by atoms with Crippen LogP contribution in [0, 0.1) is 6.92 Å². The highest BCUT2D eigenvalue weighted by atomic mass is 15.4. The highest BCUT2D eigenvalue weighted by Gasteiger charge is 2.04. The summed E-state index contributed by atoms with van der Waals surface area (Å²) >= 11 is 0. The molecular formula is C11H16N6. The predicted octanol–water partition coefficient (Wildman–Crippen LogP) is 0.865. The van der Waals surface area contributed by atoms with Crippen molar-refractivity contribution < 1.29 is 0 Å². The van der Waals surface area contributed by atoms with Crippen LogP contribution in [0.3, 0.4) is 0 Å². The fourth-order valence-electron chi connectivity index (χ4n) is 1.51. The van der Waals surface area contributed by atoms with Gasteiger partial charge in [0.05, 0.1) is 5.69 Å². The topological polar surface area (TPSA) is 68.5 Å². The molecule has 2 heterocycles. The molecule has 2 aromatic heterocycles. The van der Waals surface area contributed by atoms with E-state index in [-0.39, 0.29) is 0 Å². The molecule has 0 amide bonds. The van der Waals surface area contributed by atoms with E-state index in [9.17, 15) is 0 Å². The highest BCUT2D eigenvalue weighted by molar-refractivity contribution is 5.17. The number of rotatable bonds is 5. The summed E-state index contributed by atoms with van der Waals surface area (Å²) in [5.41, 5.74) is 1.90. The average molecular weight is 232 g/mol. The molecule has 0 aromatic carbocycles. The van der Waals surface area contributed by atoms with Crippen LogP contribution in [0.25, 0.3) is 5.95 Å². The Kier molecular flexibility index (Phi) is 3.77. The third-order valence-electron chi connectivity index (χ3n) is 2.25. The van der Waals surface area contributed by atoms with Gasteiger partial charge in [0.1, 0.15) is 12.7 Å². The molecule has 0 aliphatic carbocycles. The summed E-state index contributed by atoms with van der Waals surface area (Å²) in [4.78, 5) is 12.7. The van der Waals surface area contributed by atoms with E-state index in [1.165, 1.54) is 6.33 Å². The predicted molar refractivity (Wildman–Crippen MR) is 63.7 cm³/mol. The van der Waals surface area contributed by atoms with Crippen molar-refractivity contribution in [3.63, 3.8) is 0 Å². The minimum Gasteiger partial charge on any atom is -0.311 e. The van der Waals surface area contributed by atoms with E-state index in [1.54, 1.807) is 11.0 Å². The summed E-state index contributed by atoms with van der Waals surface area (Å²) in [7, 11) is 0. The van der Waals surface area contributed by atoms with Gasteiger partial charge in [-0.3, -0.25) is 0 Å². The van der Waals surface area contributed by atoms with Crippen molar-refractivity contribution in [1.82, 2.24) is 30.0 Å². The lowest BCUT2D eigenvalue weighted by atomic mass is 10.3. The normalized spacial score (nSPS) is 10.7. The van der Waals surface area contributed by atoms with Gasteiger partial charge in [-0.1, -0.05) is 6.92 Å². The first kappa shape index (κ1) is 11.7. The summed E-state index contributed by atoms with van der Waals surface area (Å²) in [6.45, 7) is 5.82. The van der Waals surface area contributed by atoms with Gasteiger partial charge in [-0.2, -0.15) is 9.78 Å². The third-order valence-corrected chi connectivity index (χ3v) is 2.25. The molecule has 17 heavy (non-hydrogen) atoms. The molecule has 0 aliphatic heterocycles. The Hall–Kier alpha value is -1.82. The highest BCUT2D eigenvalue weighted by Crippen LogP contribution is 2.03. The molecule has 0 bridgehead atoms. The largest absolute Gasteiger partial charge is 0.311 e. The van der Waals surface area contributed by atoms with Crippen LogP contribution in [0.15, 0.2) is 18.7 Å². The lowest BCUT2D eigenvalue weighted by Crippen LogP contribution is -2.16. The van der Waals surface area contributed by atoms with E-state index in [4.69, 9.17) is 0 Å². The van der Waals surface area contributed by atoms with Crippen LogP contribution in [0.5, 0.6) is 0 Å². The maximum absolute atomic E-state index is 4.43. The van der Waals surface area contributed by atoms with Crippen molar-refractivity contribution in [3.05, 3.63) is 30.1 Å². The molecule has 0 unspecified atom stereocenters. The summed E-state index contributed by atoms with van der Waals surface area (Å²) in [6.07, 6.45) is 4.18. The van der Waals surface area contributed by atoms with Crippen LogP contribution in [-0.4, -0.2) is 31.3 Å². The Bertz CT molecular complexity index is 465. The van der Waals surface area contributed by atoms with Crippen molar-refractivity contribution in [2.24, 2.45) is 0 Å².